The quantitative estimate of drug-likeness (QED) is 0.597. The van der Waals surface area contributed by atoms with Gasteiger partial charge < -0.3 is 0 Å². The lowest BCUT2D eigenvalue weighted by molar-refractivity contribution is -0.130. The van der Waals surface area contributed by atoms with E-state index in [9.17, 15) is 27.6 Å². The molecule has 23 heavy (non-hydrogen) atoms. The van der Waals surface area contributed by atoms with Crippen LogP contribution in [0.4, 0.5) is 5.69 Å². The van der Waals surface area contributed by atoms with Gasteiger partial charge in [0, 0.05) is 0 Å². The Morgan fingerprint density at radius 1 is 0.913 bits per heavy atom. The first-order valence-electron chi connectivity index (χ1n) is 6.44. The smallest absolute Gasteiger partial charge is 0.294 e. The van der Waals surface area contributed by atoms with E-state index in [4.69, 9.17) is 4.55 Å². The average molecular weight is 341 g/mol. The summed E-state index contributed by atoms with van der Waals surface area (Å²) >= 11 is 0. The highest BCUT2D eigenvalue weighted by Crippen LogP contribution is 2.20. The van der Waals surface area contributed by atoms with E-state index in [1.165, 1.54) is 13.8 Å². The normalized spacial score (nSPS) is 10.9. The van der Waals surface area contributed by atoms with Crippen molar-refractivity contribution in [2.75, 3.05) is 4.90 Å². The lowest BCUT2D eigenvalue weighted by Crippen LogP contribution is -2.38. The number of imide groups is 1. The minimum Gasteiger partial charge on any atom is -0.299 e. The number of ketones is 2. The molecule has 1 N–H and O–H groups in total. The summed E-state index contributed by atoms with van der Waals surface area (Å²) in [4.78, 5) is 46.5. The zero-order valence-corrected chi connectivity index (χ0v) is 13.3. The topological polar surface area (TPSA) is 126 Å². The van der Waals surface area contributed by atoms with Crippen molar-refractivity contribution in [2.24, 2.45) is 0 Å². The van der Waals surface area contributed by atoms with Gasteiger partial charge in [-0.3, -0.25) is 23.7 Å². The third kappa shape index (κ3) is 5.38. The molecule has 0 aliphatic carbocycles. The van der Waals surface area contributed by atoms with Gasteiger partial charge in [0.2, 0.25) is 11.8 Å². The first-order chi connectivity index (χ1) is 10.5. The van der Waals surface area contributed by atoms with Crippen molar-refractivity contribution in [2.45, 2.75) is 31.6 Å². The summed E-state index contributed by atoms with van der Waals surface area (Å²) in [6, 6.07) is 4.25. The molecule has 0 heterocycles. The fraction of sp³-hybridized carbons (Fsp3) is 0.286. The van der Waals surface area contributed by atoms with Crippen molar-refractivity contribution in [3.8, 4) is 0 Å². The van der Waals surface area contributed by atoms with E-state index in [2.05, 4.69) is 0 Å². The molecule has 0 radical (unpaired) electrons. The molecule has 8 nitrogen and oxygen atoms in total. The van der Waals surface area contributed by atoms with Gasteiger partial charge in [-0.1, -0.05) is 0 Å². The van der Waals surface area contributed by atoms with Crippen LogP contribution < -0.4 is 4.90 Å². The maximum atomic E-state index is 12.1. The number of anilines is 1. The second-order valence-electron chi connectivity index (χ2n) is 4.85. The Kier molecular flexibility index (Phi) is 5.88. The highest BCUT2D eigenvalue weighted by molar-refractivity contribution is 7.85. The Balaban J connectivity index is 3.23. The Morgan fingerprint density at radius 2 is 1.30 bits per heavy atom. The molecule has 0 bridgehead atoms. The number of benzene rings is 1. The Bertz CT molecular complexity index is 722. The Labute approximate surface area is 132 Å². The highest BCUT2D eigenvalue weighted by Gasteiger charge is 2.25. The van der Waals surface area contributed by atoms with Gasteiger partial charge >= 0.3 is 0 Å². The predicted octanol–water partition coefficient (Wildman–Crippen LogP) is 0.751. The molecule has 9 heteroatoms. The molecule has 0 spiro atoms. The number of hydrogen-bond acceptors (Lipinski definition) is 6. The lowest BCUT2D eigenvalue weighted by Gasteiger charge is -2.20. The molecule has 1 aromatic carbocycles. The van der Waals surface area contributed by atoms with Gasteiger partial charge in [0.25, 0.3) is 10.1 Å². The third-order valence-corrected chi connectivity index (χ3v) is 3.56. The van der Waals surface area contributed by atoms with Crippen molar-refractivity contribution in [3.05, 3.63) is 24.3 Å². The van der Waals surface area contributed by atoms with E-state index in [1.807, 2.05) is 0 Å². The van der Waals surface area contributed by atoms with Crippen LogP contribution in [0.15, 0.2) is 29.2 Å². The van der Waals surface area contributed by atoms with Crippen molar-refractivity contribution in [3.63, 3.8) is 0 Å². The highest BCUT2D eigenvalue weighted by atomic mass is 32.2. The van der Waals surface area contributed by atoms with E-state index >= 15 is 0 Å². The number of hydrogen-bond donors (Lipinski definition) is 1. The zero-order chi connectivity index (χ0) is 17.8. The fourth-order valence-electron chi connectivity index (χ4n) is 1.78. The number of carbonyl (C=O) groups is 4. The number of carbonyl (C=O) groups excluding carboxylic acids is 4. The maximum Gasteiger partial charge on any atom is 0.294 e. The summed E-state index contributed by atoms with van der Waals surface area (Å²) in [6.07, 6.45) is -1.08. The van der Waals surface area contributed by atoms with Crippen molar-refractivity contribution in [1.29, 1.82) is 0 Å². The van der Waals surface area contributed by atoms with Crippen LogP contribution in [0.3, 0.4) is 0 Å². The van der Waals surface area contributed by atoms with Gasteiger partial charge in [0.1, 0.15) is 11.6 Å². The van der Waals surface area contributed by atoms with Crippen LogP contribution in [0.25, 0.3) is 0 Å². The molecule has 0 saturated carbocycles. The largest absolute Gasteiger partial charge is 0.299 e. The van der Waals surface area contributed by atoms with Gasteiger partial charge in [-0.2, -0.15) is 8.42 Å². The number of rotatable bonds is 6. The molecule has 1 aromatic rings. The molecule has 0 aromatic heterocycles. The summed E-state index contributed by atoms with van der Waals surface area (Å²) < 4.78 is 30.9. The van der Waals surface area contributed by atoms with Crippen LogP contribution in [0.1, 0.15) is 26.7 Å². The first-order valence-corrected chi connectivity index (χ1v) is 7.88. The zero-order valence-electron chi connectivity index (χ0n) is 12.5. The molecular formula is C14H15NO7S. The van der Waals surface area contributed by atoms with Gasteiger partial charge in [-0.25, -0.2) is 4.90 Å². The lowest BCUT2D eigenvalue weighted by atomic mass is 10.2. The average Bonchev–Trinajstić information content (AvgIpc) is 2.36. The summed E-state index contributed by atoms with van der Waals surface area (Å²) in [6.45, 7) is 2.35. The number of amides is 2. The van der Waals surface area contributed by atoms with Crippen LogP contribution >= 0.6 is 0 Å². The van der Waals surface area contributed by atoms with Gasteiger partial charge in [0.05, 0.1) is 23.4 Å². The molecular weight excluding hydrogens is 326 g/mol. The number of Topliss-reactive ketones (excluding diaryl/α,β-unsaturated/α-hetero) is 2. The molecule has 0 atom stereocenters. The minimum atomic E-state index is -4.42. The molecule has 2 amide bonds. The molecule has 0 aliphatic rings. The summed E-state index contributed by atoms with van der Waals surface area (Å²) in [5, 5.41) is 0. The van der Waals surface area contributed by atoms with Crippen LogP contribution in [0, 0.1) is 0 Å². The molecule has 0 unspecified atom stereocenters. The molecule has 124 valence electrons. The molecule has 1 rings (SSSR count). The van der Waals surface area contributed by atoms with Crippen LogP contribution in [0.2, 0.25) is 0 Å². The molecule has 0 saturated heterocycles. The van der Waals surface area contributed by atoms with Crippen molar-refractivity contribution in [1.82, 2.24) is 0 Å². The van der Waals surface area contributed by atoms with E-state index in [0.717, 1.165) is 24.3 Å². The molecule has 0 aliphatic heterocycles. The minimum absolute atomic E-state index is 0.00472. The van der Waals surface area contributed by atoms with Crippen LogP contribution in [0.5, 0.6) is 0 Å². The summed E-state index contributed by atoms with van der Waals surface area (Å²) in [5.74, 6) is -2.60. The summed E-state index contributed by atoms with van der Waals surface area (Å²) in [5.41, 5.74) is -0.00472. The van der Waals surface area contributed by atoms with Crippen LogP contribution in [-0.4, -0.2) is 36.4 Å². The van der Waals surface area contributed by atoms with E-state index in [1.54, 1.807) is 0 Å². The van der Waals surface area contributed by atoms with Crippen LogP contribution in [-0.2, 0) is 29.3 Å². The molecule has 0 fully saturated rings. The van der Waals surface area contributed by atoms with E-state index in [0.29, 0.717) is 4.90 Å². The monoisotopic (exact) mass is 341 g/mol. The third-order valence-electron chi connectivity index (χ3n) is 2.69. The second kappa shape index (κ2) is 7.25. The Morgan fingerprint density at radius 3 is 1.61 bits per heavy atom. The van der Waals surface area contributed by atoms with Gasteiger partial charge in [0.15, 0.2) is 0 Å². The van der Waals surface area contributed by atoms with Crippen molar-refractivity contribution < 1.29 is 32.1 Å². The van der Waals surface area contributed by atoms with Gasteiger partial charge in [-0.15, -0.1) is 0 Å². The Hall–Kier alpha value is -2.39. The fourth-order valence-corrected chi connectivity index (χ4v) is 2.26. The first kappa shape index (κ1) is 18.7. The van der Waals surface area contributed by atoms with E-state index < -0.39 is 51.2 Å². The SMILES string of the molecule is CC(=O)CC(=O)N(C(=O)CC(C)=O)c1ccc(S(=O)(=O)O)cc1. The number of nitrogens with zero attached hydrogens (tertiary/aromatic N) is 1. The van der Waals surface area contributed by atoms with Gasteiger partial charge in [-0.05, 0) is 38.1 Å². The van der Waals surface area contributed by atoms with E-state index in [-0.39, 0.29) is 5.69 Å². The van der Waals surface area contributed by atoms with Crippen molar-refractivity contribution >= 4 is 39.2 Å². The standard InChI is InChI=1S/C14H15NO7S/c1-9(16)7-13(18)15(14(19)8-10(2)17)11-3-5-12(6-4-11)23(20,21)22/h3-6H,7-8H2,1-2H3,(H,20,21,22). The predicted molar refractivity (Wildman–Crippen MR) is 79.3 cm³/mol. The maximum absolute atomic E-state index is 12.1. The second-order valence-corrected chi connectivity index (χ2v) is 6.27. The summed E-state index contributed by atoms with van der Waals surface area (Å²) in [7, 11) is -4.42.